The number of methoxy groups -OCH3 is 2. The summed E-state index contributed by atoms with van der Waals surface area (Å²) >= 11 is 0. The van der Waals surface area contributed by atoms with Gasteiger partial charge in [0.25, 0.3) is 0 Å². The fourth-order valence-corrected chi connectivity index (χ4v) is 5.85. The maximum Gasteiger partial charge on any atom is 0.312 e. The predicted molar refractivity (Wildman–Crippen MR) is 96.9 cm³/mol. The molecule has 4 bridgehead atoms. The Kier molecular flexibility index (Phi) is 4.41. The van der Waals surface area contributed by atoms with Gasteiger partial charge in [0.05, 0.1) is 30.8 Å². The Labute approximate surface area is 158 Å². The van der Waals surface area contributed by atoms with Crippen molar-refractivity contribution in [2.24, 2.45) is 17.3 Å². The average molecular weight is 374 g/mol. The van der Waals surface area contributed by atoms with Gasteiger partial charge in [-0.05, 0) is 68.6 Å². The van der Waals surface area contributed by atoms with E-state index in [4.69, 9.17) is 14.2 Å². The molecule has 2 unspecified atom stereocenters. The highest BCUT2D eigenvalue weighted by Crippen LogP contribution is 2.61. The molecule has 4 aliphatic carbocycles. The summed E-state index contributed by atoms with van der Waals surface area (Å²) in [7, 11) is 3.01. The third kappa shape index (κ3) is 3.20. The number of ketones is 1. The van der Waals surface area contributed by atoms with Crippen LogP contribution in [0.25, 0.3) is 0 Å². The molecule has 0 radical (unpaired) electrons. The molecule has 6 heteroatoms. The van der Waals surface area contributed by atoms with E-state index in [1.165, 1.54) is 14.2 Å². The summed E-state index contributed by atoms with van der Waals surface area (Å²) < 4.78 is 15.9. The van der Waals surface area contributed by atoms with Crippen molar-refractivity contribution in [3.05, 3.63) is 23.8 Å². The molecule has 5 rings (SSSR count). The Bertz CT molecular complexity index is 756. The lowest BCUT2D eigenvalue weighted by Gasteiger charge is -2.58. The number of hydrogen-bond donors (Lipinski definition) is 1. The number of ether oxygens (including phenoxy) is 3. The van der Waals surface area contributed by atoms with Crippen LogP contribution in [0.5, 0.6) is 11.5 Å². The molecular formula is C21H26O6. The number of rotatable bonds is 6. The average Bonchev–Trinajstić information content (AvgIpc) is 2.63. The van der Waals surface area contributed by atoms with Crippen LogP contribution in [-0.2, 0) is 9.53 Å². The van der Waals surface area contributed by atoms with Gasteiger partial charge in [-0.25, -0.2) is 0 Å². The second kappa shape index (κ2) is 6.51. The van der Waals surface area contributed by atoms with E-state index in [0.717, 1.165) is 32.1 Å². The van der Waals surface area contributed by atoms with Crippen LogP contribution in [-0.4, -0.2) is 43.3 Å². The summed E-state index contributed by atoms with van der Waals surface area (Å²) in [5.41, 5.74) is -1.03. The molecule has 4 fully saturated rings. The van der Waals surface area contributed by atoms with E-state index in [1.807, 2.05) is 0 Å². The SMILES string of the molecule is COc1ccc(OC)c(C(=O)COC(=O)C23CC4CC(CC(O)(C4)C2)C3)c1. The largest absolute Gasteiger partial charge is 0.497 e. The van der Waals surface area contributed by atoms with Gasteiger partial charge in [-0.2, -0.15) is 0 Å². The summed E-state index contributed by atoms with van der Waals surface area (Å²) in [5.74, 6) is 1.05. The van der Waals surface area contributed by atoms with Gasteiger partial charge >= 0.3 is 5.97 Å². The molecule has 0 heterocycles. The van der Waals surface area contributed by atoms with Gasteiger partial charge in [-0.1, -0.05) is 0 Å². The number of carbonyl (C=O) groups excluding carboxylic acids is 2. The minimum atomic E-state index is -0.733. The third-order valence-corrected chi connectivity index (χ3v) is 6.50. The minimum absolute atomic E-state index is 0.328. The van der Waals surface area contributed by atoms with Gasteiger partial charge in [-0.15, -0.1) is 0 Å². The van der Waals surface area contributed by atoms with E-state index in [2.05, 4.69) is 0 Å². The van der Waals surface area contributed by atoms with Crippen molar-refractivity contribution in [3.63, 3.8) is 0 Å². The first kappa shape index (κ1) is 18.3. The lowest BCUT2D eigenvalue weighted by Crippen LogP contribution is -2.58. The second-order valence-corrected chi connectivity index (χ2v) is 8.53. The highest BCUT2D eigenvalue weighted by Gasteiger charge is 2.60. The fraction of sp³-hybridized carbons (Fsp3) is 0.619. The molecule has 0 aliphatic heterocycles. The highest BCUT2D eigenvalue weighted by atomic mass is 16.5. The zero-order valence-corrected chi connectivity index (χ0v) is 15.8. The first-order chi connectivity index (χ1) is 12.9. The molecule has 4 aliphatic rings. The van der Waals surface area contributed by atoms with Crippen LogP contribution in [0, 0.1) is 17.3 Å². The zero-order chi connectivity index (χ0) is 19.2. The summed E-state index contributed by atoms with van der Waals surface area (Å²) in [6, 6.07) is 4.95. The van der Waals surface area contributed by atoms with E-state index in [0.29, 0.717) is 35.3 Å². The molecule has 0 saturated heterocycles. The Morgan fingerprint density at radius 1 is 1.11 bits per heavy atom. The van der Waals surface area contributed by atoms with Gasteiger partial charge in [0, 0.05) is 0 Å². The third-order valence-electron chi connectivity index (χ3n) is 6.50. The van der Waals surface area contributed by atoms with Crippen LogP contribution in [0.3, 0.4) is 0 Å². The van der Waals surface area contributed by atoms with Gasteiger partial charge < -0.3 is 19.3 Å². The molecule has 0 amide bonds. The first-order valence-electron chi connectivity index (χ1n) is 9.51. The van der Waals surface area contributed by atoms with Gasteiger partial charge in [0.2, 0.25) is 5.78 Å². The van der Waals surface area contributed by atoms with Gasteiger partial charge in [0.15, 0.2) is 6.61 Å². The van der Waals surface area contributed by atoms with Crippen LogP contribution in [0.15, 0.2) is 18.2 Å². The molecule has 2 atom stereocenters. The van der Waals surface area contributed by atoms with Gasteiger partial charge in [-0.3, -0.25) is 9.59 Å². The molecule has 27 heavy (non-hydrogen) atoms. The maximum atomic E-state index is 12.9. The van der Waals surface area contributed by atoms with Crippen molar-refractivity contribution in [2.45, 2.75) is 44.1 Å². The Hall–Kier alpha value is -2.08. The lowest BCUT2D eigenvalue weighted by molar-refractivity contribution is -0.195. The molecule has 4 saturated carbocycles. The normalized spacial score (nSPS) is 33.6. The monoisotopic (exact) mass is 374 g/mol. The lowest BCUT2D eigenvalue weighted by atomic mass is 9.48. The zero-order valence-electron chi connectivity index (χ0n) is 15.8. The number of benzene rings is 1. The molecule has 1 N–H and O–H groups in total. The van der Waals surface area contributed by atoms with Crippen LogP contribution in [0.2, 0.25) is 0 Å². The van der Waals surface area contributed by atoms with Crippen LogP contribution < -0.4 is 9.47 Å². The van der Waals surface area contributed by atoms with E-state index < -0.39 is 11.0 Å². The minimum Gasteiger partial charge on any atom is -0.497 e. The van der Waals surface area contributed by atoms with E-state index in [-0.39, 0.29) is 18.4 Å². The number of Topliss-reactive ketones (excluding diaryl/α,β-unsaturated/α-hetero) is 1. The Morgan fingerprint density at radius 2 is 1.81 bits per heavy atom. The molecule has 1 aromatic carbocycles. The quantitative estimate of drug-likeness (QED) is 0.609. The maximum absolute atomic E-state index is 12.9. The molecule has 0 aromatic heterocycles. The van der Waals surface area contributed by atoms with Crippen LogP contribution in [0.1, 0.15) is 48.9 Å². The second-order valence-electron chi connectivity index (χ2n) is 8.53. The summed E-state index contributed by atoms with van der Waals surface area (Å²) in [4.78, 5) is 25.5. The van der Waals surface area contributed by atoms with Crippen molar-refractivity contribution >= 4 is 11.8 Å². The number of carbonyl (C=O) groups is 2. The summed E-state index contributed by atoms with van der Waals surface area (Å²) in [6.07, 6.45) is 4.67. The molecule has 146 valence electrons. The van der Waals surface area contributed by atoms with E-state index >= 15 is 0 Å². The fourth-order valence-electron chi connectivity index (χ4n) is 5.85. The van der Waals surface area contributed by atoms with Gasteiger partial charge in [0.1, 0.15) is 11.5 Å². The predicted octanol–water partition coefficient (Wildman–Crippen LogP) is 2.76. The first-order valence-corrected chi connectivity index (χ1v) is 9.51. The van der Waals surface area contributed by atoms with Crippen LogP contribution in [0.4, 0.5) is 0 Å². The number of aliphatic hydroxyl groups is 1. The molecular weight excluding hydrogens is 348 g/mol. The Balaban J connectivity index is 1.46. The Morgan fingerprint density at radius 3 is 2.41 bits per heavy atom. The highest BCUT2D eigenvalue weighted by molar-refractivity contribution is 6.01. The van der Waals surface area contributed by atoms with Crippen molar-refractivity contribution in [2.75, 3.05) is 20.8 Å². The van der Waals surface area contributed by atoms with Crippen molar-refractivity contribution in [1.82, 2.24) is 0 Å². The molecule has 0 spiro atoms. The van der Waals surface area contributed by atoms with Crippen LogP contribution >= 0.6 is 0 Å². The standard InChI is InChI=1S/C21H26O6/c1-25-15-3-4-18(26-2)16(6-15)17(22)11-27-19(23)20-7-13-5-14(8-20)10-21(24,9-13)12-20/h3-4,6,13-14,24H,5,7-12H2,1-2H3. The number of hydrogen-bond acceptors (Lipinski definition) is 6. The van der Waals surface area contributed by atoms with Crippen molar-refractivity contribution in [1.29, 1.82) is 0 Å². The van der Waals surface area contributed by atoms with E-state index in [9.17, 15) is 14.7 Å². The number of esters is 1. The molecule has 1 aromatic rings. The molecule has 6 nitrogen and oxygen atoms in total. The van der Waals surface area contributed by atoms with E-state index in [1.54, 1.807) is 18.2 Å². The summed E-state index contributed by atoms with van der Waals surface area (Å²) in [6.45, 7) is -0.335. The van der Waals surface area contributed by atoms with Crippen molar-refractivity contribution < 1.29 is 28.9 Å². The smallest absolute Gasteiger partial charge is 0.312 e. The van der Waals surface area contributed by atoms with Crippen molar-refractivity contribution in [3.8, 4) is 11.5 Å². The topological polar surface area (TPSA) is 82.1 Å². The summed E-state index contributed by atoms with van der Waals surface area (Å²) in [5, 5.41) is 10.8.